The lowest BCUT2D eigenvalue weighted by atomic mass is 9.86. The molecular weight excluding hydrogens is 452 g/mol. The minimum Gasteiger partial charge on any atom is -0.268 e. The van der Waals surface area contributed by atoms with E-state index in [1.165, 1.54) is 12.4 Å². The lowest BCUT2D eigenvalue weighted by molar-refractivity contribution is 0.0659. The lowest BCUT2D eigenvalue weighted by Crippen LogP contribution is -2.39. The van der Waals surface area contributed by atoms with Gasteiger partial charge >= 0.3 is 0 Å². The van der Waals surface area contributed by atoms with Crippen LogP contribution in [0.5, 0.6) is 0 Å². The molecule has 2 aliphatic heterocycles. The van der Waals surface area contributed by atoms with Crippen molar-refractivity contribution in [1.29, 1.82) is 0 Å². The first-order valence-electron chi connectivity index (χ1n) is 11.4. The molecule has 0 saturated heterocycles. The Hall–Kier alpha value is -5.10. The maximum atomic E-state index is 13.3. The Morgan fingerprint density at radius 2 is 0.722 bits per heavy atom. The molecule has 6 rings (SSSR count). The van der Waals surface area contributed by atoms with E-state index in [0.29, 0.717) is 10.8 Å². The van der Waals surface area contributed by atoms with Gasteiger partial charge in [0.05, 0.1) is 0 Å². The van der Waals surface area contributed by atoms with E-state index in [-0.39, 0.29) is 22.3 Å². The molecule has 0 N–H and O–H groups in total. The van der Waals surface area contributed by atoms with E-state index in [1.807, 2.05) is 60.7 Å². The largest absolute Gasteiger partial charge is 0.268 e. The fourth-order valence-corrected chi connectivity index (χ4v) is 4.63. The summed E-state index contributed by atoms with van der Waals surface area (Å²) in [5.74, 6) is -2.02. The quantitative estimate of drug-likeness (QED) is 0.376. The summed E-state index contributed by atoms with van der Waals surface area (Å²) in [5, 5.41) is 0.690. The second-order valence-electron chi connectivity index (χ2n) is 8.48. The van der Waals surface area contributed by atoms with Crippen molar-refractivity contribution in [3.63, 3.8) is 0 Å². The molecule has 4 aromatic rings. The summed E-state index contributed by atoms with van der Waals surface area (Å²) >= 11 is 0. The van der Waals surface area contributed by atoms with Gasteiger partial charge in [0, 0.05) is 45.4 Å². The fraction of sp³-hybridized carbons (Fsp3) is 0. The zero-order valence-electron chi connectivity index (χ0n) is 18.9. The maximum Gasteiger partial charge on any atom is 0.265 e. The highest BCUT2D eigenvalue weighted by atomic mass is 16.2. The first-order chi connectivity index (χ1) is 17.5. The molecule has 4 aromatic carbocycles. The molecule has 36 heavy (non-hydrogen) atoms. The normalized spacial score (nSPS) is 15.1. The van der Waals surface area contributed by atoms with Gasteiger partial charge in [0.1, 0.15) is 0 Å². The number of carbonyl (C=O) groups excluding carboxylic acids is 4. The van der Waals surface area contributed by atoms with Crippen molar-refractivity contribution in [2.45, 2.75) is 0 Å². The molecule has 0 aromatic heterocycles. The number of carbonyl (C=O) groups is 4. The van der Waals surface area contributed by atoms with Crippen LogP contribution in [0.25, 0.3) is 22.9 Å². The van der Waals surface area contributed by atoms with Crippen LogP contribution in [0.2, 0.25) is 0 Å². The SMILES string of the molecule is O=C1c2ccc3c4c(ccc(c24)C(=O)N1/C=C/c1ccccc1)C(=O)N(/C=C/c1ccccc1)C3=O. The number of nitrogens with zero attached hydrogens (tertiary/aromatic N) is 2. The molecule has 0 fully saturated rings. The molecule has 0 bridgehead atoms. The summed E-state index contributed by atoms with van der Waals surface area (Å²) in [6.45, 7) is 0. The molecular formula is C30H18N2O4. The molecule has 0 saturated carbocycles. The molecule has 6 heteroatoms. The molecule has 6 nitrogen and oxygen atoms in total. The van der Waals surface area contributed by atoms with E-state index in [4.69, 9.17) is 0 Å². The third-order valence-corrected chi connectivity index (χ3v) is 6.39. The fourth-order valence-electron chi connectivity index (χ4n) is 4.63. The highest BCUT2D eigenvalue weighted by Crippen LogP contribution is 2.38. The summed E-state index contributed by atoms with van der Waals surface area (Å²) in [4.78, 5) is 55.4. The van der Waals surface area contributed by atoms with Gasteiger partial charge in [-0.05, 0) is 47.5 Å². The highest BCUT2D eigenvalue weighted by molar-refractivity contribution is 6.33. The van der Waals surface area contributed by atoms with E-state index in [2.05, 4.69) is 0 Å². The highest BCUT2D eigenvalue weighted by Gasteiger charge is 2.38. The third kappa shape index (κ3) is 3.27. The predicted octanol–water partition coefficient (Wildman–Crippen LogP) is 5.37. The maximum absolute atomic E-state index is 13.3. The van der Waals surface area contributed by atoms with Gasteiger partial charge in [-0.1, -0.05) is 60.7 Å². The second kappa shape index (κ2) is 8.29. The zero-order valence-corrected chi connectivity index (χ0v) is 18.9. The van der Waals surface area contributed by atoms with E-state index in [9.17, 15) is 19.2 Å². The van der Waals surface area contributed by atoms with Crippen molar-refractivity contribution in [2.24, 2.45) is 0 Å². The summed E-state index contributed by atoms with van der Waals surface area (Å²) in [6.07, 6.45) is 6.28. The molecule has 2 heterocycles. The Balaban J connectivity index is 1.43. The Bertz CT molecular complexity index is 1460. The van der Waals surface area contributed by atoms with Crippen molar-refractivity contribution in [2.75, 3.05) is 0 Å². The Morgan fingerprint density at radius 1 is 0.417 bits per heavy atom. The van der Waals surface area contributed by atoms with Gasteiger partial charge in [-0.2, -0.15) is 0 Å². The van der Waals surface area contributed by atoms with Gasteiger partial charge in [-0.15, -0.1) is 0 Å². The van der Waals surface area contributed by atoms with Crippen molar-refractivity contribution < 1.29 is 19.2 Å². The van der Waals surface area contributed by atoms with Gasteiger partial charge in [-0.3, -0.25) is 19.2 Å². The van der Waals surface area contributed by atoms with Gasteiger partial charge in [-0.25, -0.2) is 9.80 Å². The van der Waals surface area contributed by atoms with Crippen LogP contribution in [-0.2, 0) is 0 Å². The summed E-state index contributed by atoms with van der Waals surface area (Å²) in [6, 6.07) is 24.9. The third-order valence-electron chi connectivity index (χ3n) is 6.39. The van der Waals surface area contributed by atoms with Crippen LogP contribution in [0.4, 0.5) is 0 Å². The average molecular weight is 470 g/mol. The van der Waals surface area contributed by atoms with Crippen molar-refractivity contribution in [3.8, 4) is 0 Å². The summed E-state index contributed by atoms with van der Waals surface area (Å²) in [7, 11) is 0. The van der Waals surface area contributed by atoms with Gasteiger partial charge in [0.15, 0.2) is 0 Å². The topological polar surface area (TPSA) is 74.8 Å². The van der Waals surface area contributed by atoms with E-state index >= 15 is 0 Å². The van der Waals surface area contributed by atoms with E-state index in [0.717, 1.165) is 20.9 Å². The van der Waals surface area contributed by atoms with Crippen LogP contribution in [0, 0.1) is 0 Å². The lowest BCUT2D eigenvalue weighted by Gasteiger charge is -2.29. The zero-order chi connectivity index (χ0) is 24.8. The van der Waals surface area contributed by atoms with Crippen LogP contribution in [-0.4, -0.2) is 33.4 Å². The first-order valence-corrected chi connectivity index (χ1v) is 11.4. The Kier molecular flexibility index (Phi) is 4.93. The van der Waals surface area contributed by atoms with Crippen molar-refractivity contribution in [3.05, 3.63) is 131 Å². The number of hydrogen-bond acceptors (Lipinski definition) is 4. The summed E-state index contributed by atoms with van der Waals surface area (Å²) < 4.78 is 0. The van der Waals surface area contributed by atoms with Crippen molar-refractivity contribution in [1.82, 2.24) is 9.80 Å². The van der Waals surface area contributed by atoms with Gasteiger partial charge < -0.3 is 0 Å². The Morgan fingerprint density at radius 3 is 1.03 bits per heavy atom. The van der Waals surface area contributed by atoms with Crippen LogP contribution in [0.15, 0.2) is 97.3 Å². The number of benzene rings is 4. The molecule has 0 unspecified atom stereocenters. The van der Waals surface area contributed by atoms with E-state index < -0.39 is 23.6 Å². The first kappa shape index (κ1) is 21.4. The van der Waals surface area contributed by atoms with Gasteiger partial charge in [0.25, 0.3) is 23.6 Å². The predicted molar refractivity (Wildman–Crippen MR) is 136 cm³/mol. The molecule has 0 atom stereocenters. The summed E-state index contributed by atoms with van der Waals surface area (Å²) in [5.41, 5.74) is 2.78. The minimum absolute atomic E-state index is 0.275. The number of imide groups is 2. The van der Waals surface area contributed by atoms with Crippen LogP contribution < -0.4 is 0 Å². The number of hydrogen-bond donors (Lipinski definition) is 0. The van der Waals surface area contributed by atoms with Crippen LogP contribution in [0.3, 0.4) is 0 Å². The molecule has 0 spiro atoms. The van der Waals surface area contributed by atoms with Crippen LogP contribution in [0.1, 0.15) is 52.6 Å². The molecule has 2 aliphatic rings. The standard InChI is InChI=1S/C30H18N2O4/c33-27-21-11-13-23-26-24(30(36)32(29(23)35)18-16-20-9-5-2-6-10-20)14-12-22(25(21)26)28(34)31(27)17-15-19-7-3-1-4-8-19/h1-18H/b17-15+,18-16+. The second-order valence-corrected chi connectivity index (χ2v) is 8.48. The van der Waals surface area contributed by atoms with Crippen LogP contribution >= 0.6 is 0 Å². The average Bonchev–Trinajstić information content (AvgIpc) is 2.91. The van der Waals surface area contributed by atoms with E-state index in [1.54, 1.807) is 36.4 Å². The molecule has 4 amide bonds. The Labute approximate surface area is 206 Å². The minimum atomic E-state index is -0.505. The molecule has 172 valence electrons. The monoisotopic (exact) mass is 470 g/mol. The smallest absolute Gasteiger partial charge is 0.265 e. The number of rotatable bonds is 4. The molecule has 0 radical (unpaired) electrons. The molecule has 0 aliphatic carbocycles. The van der Waals surface area contributed by atoms with Crippen molar-refractivity contribution >= 4 is 46.6 Å². The van der Waals surface area contributed by atoms with Gasteiger partial charge in [0.2, 0.25) is 0 Å². The number of amides is 4.